The first-order valence-corrected chi connectivity index (χ1v) is 18.7. The van der Waals surface area contributed by atoms with Gasteiger partial charge in [0.25, 0.3) is 0 Å². The summed E-state index contributed by atoms with van der Waals surface area (Å²) in [6.07, 6.45) is 0.147. The van der Waals surface area contributed by atoms with E-state index >= 15 is 0 Å². The molecule has 0 aromatic heterocycles. The molecule has 1 aromatic carbocycles. The van der Waals surface area contributed by atoms with Gasteiger partial charge >= 0.3 is 0 Å². The molecule has 0 radical (unpaired) electrons. The smallest absolute Gasteiger partial charge is 0.245 e. The average molecular weight is 718 g/mol. The van der Waals surface area contributed by atoms with Gasteiger partial charge in [0.05, 0.1) is 54.8 Å². The van der Waals surface area contributed by atoms with Crippen molar-refractivity contribution in [3.63, 3.8) is 0 Å². The van der Waals surface area contributed by atoms with E-state index < -0.39 is 48.4 Å². The minimum Gasteiger partial charge on any atom is -0.386 e. The number of hydrogen-bond acceptors (Lipinski definition) is 8. The summed E-state index contributed by atoms with van der Waals surface area (Å²) < 4.78 is 11.9. The van der Waals surface area contributed by atoms with E-state index in [1.165, 1.54) is 0 Å². The van der Waals surface area contributed by atoms with Crippen LogP contribution in [0.25, 0.3) is 0 Å². The van der Waals surface area contributed by atoms with Gasteiger partial charge in [0.2, 0.25) is 23.6 Å². The van der Waals surface area contributed by atoms with Crippen LogP contribution in [0.5, 0.6) is 0 Å². The summed E-state index contributed by atoms with van der Waals surface area (Å²) in [6.45, 7) is 15.9. The maximum absolute atomic E-state index is 14.1. The molecule has 12 heteroatoms. The molecule has 1 heterocycles. The highest BCUT2D eigenvalue weighted by molar-refractivity contribution is 5.90. The predicted molar refractivity (Wildman–Crippen MR) is 200 cm³/mol. The Bertz CT molecular complexity index is 1250. The monoisotopic (exact) mass is 718 g/mol. The van der Waals surface area contributed by atoms with Crippen LogP contribution in [0.15, 0.2) is 30.3 Å². The molecule has 0 bridgehead atoms. The number of rotatable bonds is 20. The van der Waals surface area contributed by atoms with Crippen molar-refractivity contribution in [2.75, 3.05) is 34.9 Å². The summed E-state index contributed by atoms with van der Waals surface area (Å²) in [5.41, 5.74) is 0.711. The largest absolute Gasteiger partial charge is 0.386 e. The van der Waals surface area contributed by atoms with E-state index in [1.807, 2.05) is 71.9 Å². The quantitative estimate of drug-likeness (QED) is 0.160. The van der Waals surface area contributed by atoms with Crippen LogP contribution in [0.4, 0.5) is 0 Å². The van der Waals surface area contributed by atoms with Crippen LogP contribution < -0.4 is 16.0 Å². The molecule has 0 spiro atoms. The fourth-order valence-electron chi connectivity index (χ4n) is 7.42. The molecule has 10 atom stereocenters. The second-order valence-corrected chi connectivity index (χ2v) is 15.0. The van der Waals surface area contributed by atoms with Gasteiger partial charge in [-0.3, -0.25) is 19.2 Å². The highest BCUT2D eigenvalue weighted by Crippen LogP contribution is 2.30. The Labute approximate surface area is 306 Å². The summed E-state index contributed by atoms with van der Waals surface area (Å²) in [5.74, 6) is -1.62. The van der Waals surface area contributed by atoms with Gasteiger partial charge in [-0.2, -0.15) is 0 Å². The van der Waals surface area contributed by atoms with E-state index in [0.29, 0.717) is 18.5 Å². The molecule has 51 heavy (non-hydrogen) atoms. The number of benzene rings is 1. The van der Waals surface area contributed by atoms with Gasteiger partial charge in [-0.15, -0.1) is 0 Å². The summed E-state index contributed by atoms with van der Waals surface area (Å²) in [4.78, 5) is 58.3. The normalized spacial score (nSPS) is 20.1. The standard InChI is InChI=1S/C39H67N5O7/c1-13-25(6)34(43(10)39(49)33(24(4)5)42-38(48)32(40-9)23(2)3)30(50-11)22-31(45)44-21-17-20-29(44)36(51-12)26(7)37(47)41-27(8)35(46)28-18-15-14-16-19-28/h14-16,18-19,23-27,29-30,32-36,40,46H,13,17,20-22H2,1-12H3,(H,41,47)(H,42,48)/t25?,26-,27-,29+,30?,32?,33+,34?,35?,36?/m1/s1. The molecule has 4 amide bonds. The van der Waals surface area contributed by atoms with Crippen LogP contribution >= 0.6 is 0 Å². The molecule has 0 saturated carbocycles. The van der Waals surface area contributed by atoms with Crippen LogP contribution in [-0.4, -0.2) is 116 Å². The van der Waals surface area contributed by atoms with Crippen molar-refractivity contribution in [2.45, 2.75) is 130 Å². The molecule has 6 unspecified atom stereocenters. The van der Waals surface area contributed by atoms with E-state index in [0.717, 1.165) is 12.8 Å². The molecular formula is C39H67N5O7. The summed E-state index contributed by atoms with van der Waals surface area (Å²) in [6, 6.07) is 6.67. The fraction of sp³-hybridized carbons (Fsp3) is 0.744. The lowest BCUT2D eigenvalue weighted by molar-refractivity contribution is -0.148. The second kappa shape index (κ2) is 20.8. The van der Waals surface area contributed by atoms with Gasteiger partial charge < -0.3 is 40.3 Å². The van der Waals surface area contributed by atoms with Crippen LogP contribution in [0.1, 0.15) is 92.7 Å². The molecule has 1 aromatic rings. The lowest BCUT2D eigenvalue weighted by Gasteiger charge is -2.41. The molecule has 1 aliphatic rings. The van der Waals surface area contributed by atoms with Crippen molar-refractivity contribution in [1.29, 1.82) is 0 Å². The second-order valence-electron chi connectivity index (χ2n) is 15.0. The number of ether oxygens (including phenoxy) is 2. The van der Waals surface area contributed by atoms with Crippen molar-refractivity contribution in [1.82, 2.24) is 25.8 Å². The lowest BCUT2D eigenvalue weighted by atomic mass is 9.89. The molecule has 1 fully saturated rings. The Morgan fingerprint density at radius 2 is 1.53 bits per heavy atom. The summed E-state index contributed by atoms with van der Waals surface area (Å²) in [7, 11) is 6.57. The van der Waals surface area contributed by atoms with Gasteiger partial charge in [-0.1, -0.05) is 85.2 Å². The Balaban J connectivity index is 2.24. The third-order valence-electron chi connectivity index (χ3n) is 10.7. The molecular weight excluding hydrogens is 650 g/mol. The number of hydrogen-bond donors (Lipinski definition) is 4. The van der Waals surface area contributed by atoms with Gasteiger partial charge in [0, 0.05) is 27.8 Å². The molecule has 4 N–H and O–H groups in total. The van der Waals surface area contributed by atoms with E-state index in [2.05, 4.69) is 16.0 Å². The molecule has 0 aliphatic carbocycles. The van der Waals surface area contributed by atoms with Gasteiger partial charge in [-0.05, 0) is 50.1 Å². The predicted octanol–water partition coefficient (Wildman–Crippen LogP) is 3.53. The highest BCUT2D eigenvalue weighted by Gasteiger charge is 2.43. The van der Waals surface area contributed by atoms with E-state index in [4.69, 9.17) is 9.47 Å². The molecule has 12 nitrogen and oxygen atoms in total. The summed E-state index contributed by atoms with van der Waals surface area (Å²) in [5, 5.41) is 19.8. The van der Waals surface area contributed by atoms with Crippen LogP contribution in [0, 0.1) is 23.7 Å². The molecule has 1 saturated heterocycles. The first kappa shape index (κ1) is 44.1. The Hall–Kier alpha value is -3.06. The fourth-order valence-corrected chi connectivity index (χ4v) is 7.42. The van der Waals surface area contributed by atoms with Crippen molar-refractivity contribution >= 4 is 23.6 Å². The van der Waals surface area contributed by atoms with Crippen molar-refractivity contribution < 1.29 is 33.8 Å². The van der Waals surface area contributed by atoms with Crippen LogP contribution in [-0.2, 0) is 28.7 Å². The number of aliphatic hydroxyl groups is 1. The lowest BCUT2D eigenvalue weighted by Crippen LogP contribution is -2.59. The Kier molecular flexibility index (Phi) is 18.0. The van der Waals surface area contributed by atoms with Crippen LogP contribution in [0.2, 0.25) is 0 Å². The first-order valence-electron chi connectivity index (χ1n) is 18.7. The third kappa shape index (κ3) is 11.5. The zero-order valence-corrected chi connectivity index (χ0v) is 33.1. The average Bonchev–Trinajstić information content (AvgIpc) is 3.59. The molecule has 2 rings (SSSR count). The Morgan fingerprint density at radius 3 is 2.04 bits per heavy atom. The highest BCUT2D eigenvalue weighted by atomic mass is 16.5. The maximum Gasteiger partial charge on any atom is 0.245 e. The number of nitrogens with one attached hydrogen (secondary N) is 3. The number of nitrogens with zero attached hydrogens (tertiary/aromatic N) is 2. The SMILES string of the molecule is CCC(C)C(C(CC(=O)N1CCC[C@H]1C(OC)[C@@H](C)C(=O)N[C@H](C)C(O)c1ccccc1)OC)N(C)C(=O)[C@@H](NC(=O)C(NC)C(C)C)C(C)C. The zero-order valence-electron chi connectivity index (χ0n) is 33.1. The van der Waals surface area contributed by atoms with E-state index in [-0.39, 0.29) is 53.8 Å². The number of aliphatic hydroxyl groups excluding tert-OH is 1. The van der Waals surface area contributed by atoms with Crippen LogP contribution in [0.3, 0.4) is 0 Å². The topological polar surface area (TPSA) is 150 Å². The number of amides is 4. The Morgan fingerprint density at radius 1 is 0.922 bits per heavy atom. The van der Waals surface area contributed by atoms with Crippen molar-refractivity contribution in [3.8, 4) is 0 Å². The minimum atomic E-state index is -0.875. The minimum absolute atomic E-state index is 0.0148. The number of likely N-dealkylation sites (tertiary alicyclic amines) is 1. The maximum atomic E-state index is 14.1. The zero-order chi connectivity index (χ0) is 38.6. The molecule has 290 valence electrons. The van der Waals surface area contributed by atoms with Gasteiger partial charge in [0.1, 0.15) is 6.04 Å². The third-order valence-corrected chi connectivity index (χ3v) is 10.7. The van der Waals surface area contributed by atoms with E-state index in [9.17, 15) is 24.3 Å². The number of methoxy groups -OCH3 is 2. The van der Waals surface area contributed by atoms with E-state index in [1.54, 1.807) is 52.0 Å². The van der Waals surface area contributed by atoms with Crippen molar-refractivity contribution in [2.24, 2.45) is 23.7 Å². The van der Waals surface area contributed by atoms with Crippen molar-refractivity contribution in [3.05, 3.63) is 35.9 Å². The van der Waals surface area contributed by atoms with Gasteiger partial charge in [0.15, 0.2) is 0 Å². The number of likely N-dealkylation sites (N-methyl/N-ethyl adjacent to an activating group) is 2. The van der Waals surface area contributed by atoms with Gasteiger partial charge in [-0.25, -0.2) is 0 Å². The summed E-state index contributed by atoms with van der Waals surface area (Å²) >= 11 is 0. The number of carbonyl (C=O) groups is 4. The number of carbonyl (C=O) groups excluding carboxylic acids is 4. The molecule has 1 aliphatic heterocycles. The first-order chi connectivity index (χ1) is 24.0.